The standard InChI is InChI=1S/C20H22ClNO4/c21-13-7-8-15-14(11-13)18(24)16-17(12-5-2-1-3-6-12)22(9-4-10-23)20(25)19(16)26-15/h1-3,5-6,13-15,17,23H,4,7-11H2. The van der Waals surface area contributed by atoms with E-state index >= 15 is 0 Å². The van der Waals surface area contributed by atoms with Gasteiger partial charge >= 0.3 is 0 Å². The number of ether oxygens (including phenoxy) is 1. The van der Waals surface area contributed by atoms with Gasteiger partial charge in [-0.25, -0.2) is 0 Å². The zero-order valence-electron chi connectivity index (χ0n) is 14.4. The normalized spacial score (nSPS) is 30.9. The lowest BCUT2D eigenvalue weighted by Gasteiger charge is -2.37. The molecular formula is C20H22ClNO4. The molecule has 0 radical (unpaired) electrons. The number of halogens is 1. The van der Waals surface area contributed by atoms with E-state index in [2.05, 4.69) is 0 Å². The van der Waals surface area contributed by atoms with Crippen molar-refractivity contribution in [3.8, 4) is 0 Å². The summed E-state index contributed by atoms with van der Waals surface area (Å²) in [6.45, 7) is 0.371. The Morgan fingerprint density at radius 1 is 1.19 bits per heavy atom. The minimum atomic E-state index is -0.450. The first kappa shape index (κ1) is 17.6. The molecule has 26 heavy (non-hydrogen) atoms. The molecule has 6 heteroatoms. The molecule has 0 saturated heterocycles. The third-order valence-corrected chi connectivity index (χ3v) is 5.95. The van der Waals surface area contributed by atoms with Crippen LogP contribution in [0.2, 0.25) is 0 Å². The topological polar surface area (TPSA) is 66.8 Å². The number of aliphatic hydroxyl groups is 1. The van der Waals surface area contributed by atoms with E-state index < -0.39 is 6.04 Å². The maximum atomic E-state index is 13.3. The predicted molar refractivity (Wildman–Crippen MR) is 96.5 cm³/mol. The van der Waals surface area contributed by atoms with Gasteiger partial charge in [0.05, 0.1) is 17.5 Å². The molecule has 1 fully saturated rings. The van der Waals surface area contributed by atoms with Crippen LogP contribution in [0.15, 0.2) is 41.7 Å². The summed E-state index contributed by atoms with van der Waals surface area (Å²) in [6.07, 6.45) is 2.29. The van der Waals surface area contributed by atoms with E-state index in [0.29, 0.717) is 31.4 Å². The summed E-state index contributed by atoms with van der Waals surface area (Å²) in [4.78, 5) is 28.0. The highest BCUT2D eigenvalue weighted by Crippen LogP contribution is 2.47. The molecule has 0 spiro atoms. The zero-order chi connectivity index (χ0) is 18.3. The fraction of sp³-hybridized carbons (Fsp3) is 0.500. The number of rotatable bonds is 4. The maximum Gasteiger partial charge on any atom is 0.290 e. The van der Waals surface area contributed by atoms with Crippen LogP contribution in [0.4, 0.5) is 0 Å². The first-order valence-corrected chi connectivity index (χ1v) is 9.61. The molecule has 1 aliphatic carbocycles. The highest BCUT2D eigenvalue weighted by molar-refractivity contribution is 6.21. The molecule has 1 aromatic rings. The Morgan fingerprint density at radius 3 is 2.69 bits per heavy atom. The van der Waals surface area contributed by atoms with E-state index in [1.807, 2.05) is 30.3 Å². The van der Waals surface area contributed by atoms with Crippen molar-refractivity contribution >= 4 is 23.3 Å². The minimum absolute atomic E-state index is 0.00435. The lowest BCUT2D eigenvalue weighted by molar-refractivity contribution is -0.135. The van der Waals surface area contributed by atoms with Crippen LogP contribution >= 0.6 is 11.6 Å². The van der Waals surface area contributed by atoms with Crippen molar-refractivity contribution in [1.29, 1.82) is 0 Å². The Hall–Kier alpha value is -1.85. The number of alkyl halides is 1. The molecule has 4 rings (SSSR count). The lowest BCUT2D eigenvalue weighted by Crippen LogP contribution is -2.41. The van der Waals surface area contributed by atoms with Gasteiger partial charge in [0.2, 0.25) is 0 Å². The van der Waals surface area contributed by atoms with Crippen LogP contribution in [0.1, 0.15) is 37.3 Å². The average molecular weight is 376 g/mol. The minimum Gasteiger partial charge on any atom is -0.483 e. The van der Waals surface area contributed by atoms with Crippen molar-refractivity contribution in [2.75, 3.05) is 13.2 Å². The predicted octanol–water partition coefficient (Wildman–Crippen LogP) is 2.58. The van der Waals surface area contributed by atoms with Gasteiger partial charge in [0.1, 0.15) is 6.10 Å². The highest BCUT2D eigenvalue weighted by Gasteiger charge is 2.52. The Labute approximate surface area is 157 Å². The monoisotopic (exact) mass is 375 g/mol. The molecule has 3 aliphatic rings. The van der Waals surface area contributed by atoms with Crippen LogP contribution in [0.3, 0.4) is 0 Å². The molecule has 2 aliphatic heterocycles. The smallest absolute Gasteiger partial charge is 0.290 e. The third-order valence-electron chi connectivity index (χ3n) is 5.55. The zero-order valence-corrected chi connectivity index (χ0v) is 15.2. The second-order valence-corrected chi connectivity index (χ2v) is 7.79. The van der Waals surface area contributed by atoms with Crippen molar-refractivity contribution < 1.29 is 19.4 Å². The Kier molecular flexibility index (Phi) is 4.76. The fourth-order valence-corrected chi connectivity index (χ4v) is 4.63. The van der Waals surface area contributed by atoms with Crippen molar-refractivity contribution in [1.82, 2.24) is 4.90 Å². The van der Waals surface area contributed by atoms with Crippen LogP contribution in [-0.4, -0.2) is 46.3 Å². The van der Waals surface area contributed by atoms with E-state index in [9.17, 15) is 14.7 Å². The quantitative estimate of drug-likeness (QED) is 0.821. The molecule has 0 aromatic heterocycles. The second kappa shape index (κ2) is 7.05. The summed E-state index contributed by atoms with van der Waals surface area (Å²) in [7, 11) is 0. The fourth-order valence-electron chi connectivity index (χ4n) is 4.32. The Balaban J connectivity index is 1.75. The summed E-state index contributed by atoms with van der Waals surface area (Å²) >= 11 is 6.30. The molecule has 4 unspecified atom stereocenters. The molecule has 2 heterocycles. The molecule has 4 atom stereocenters. The van der Waals surface area contributed by atoms with Gasteiger partial charge in [-0.3, -0.25) is 9.59 Å². The maximum absolute atomic E-state index is 13.3. The number of hydrogen-bond donors (Lipinski definition) is 1. The second-order valence-electron chi connectivity index (χ2n) is 7.17. The number of benzene rings is 1. The van der Waals surface area contributed by atoms with Gasteiger partial charge in [-0.2, -0.15) is 0 Å². The van der Waals surface area contributed by atoms with Gasteiger partial charge < -0.3 is 14.7 Å². The largest absolute Gasteiger partial charge is 0.483 e. The van der Waals surface area contributed by atoms with Crippen LogP contribution in [-0.2, 0) is 14.3 Å². The van der Waals surface area contributed by atoms with Gasteiger partial charge in [-0.1, -0.05) is 30.3 Å². The number of amides is 1. The highest BCUT2D eigenvalue weighted by atomic mass is 35.5. The van der Waals surface area contributed by atoms with Crippen molar-refractivity contribution in [2.45, 2.75) is 43.2 Å². The van der Waals surface area contributed by atoms with Crippen LogP contribution in [0.25, 0.3) is 0 Å². The first-order valence-electron chi connectivity index (χ1n) is 9.17. The molecule has 0 bridgehead atoms. The first-order chi connectivity index (χ1) is 12.6. The number of carbonyl (C=O) groups is 2. The summed E-state index contributed by atoms with van der Waals surface area (Å²) in [6, 6.07) is 9.09. The van der Waals surface area contributed by atoms with Crippen molar-refractivity contribution in [2.24, 2.45) is 5.92 Å². The van der Waals surface area contributed by atoms with Crippen LogP contribution in [0.5, 0.6) is 0 Å². The van der Waals surface area contributed by atoms with Crippen molar-refractivity contribution in [3.63, 3.8) is 0 Å². The summed E-state index contributed by atoms with van der Waals surface area (Å²) < 4.78 is 6.05. The van der Waals surface area contributed by atoms with Gasteiger partial charge in [0.15, 0.2) is 11.5 Å². The third kappa shape index (κ3) is 2.83. The number of Topliss-reactive ketones (excluding diaryl/α,β-unsaturated/α-hetero) is 1. The van der Waals surface area contributed by atoms with E-state index in [-0.39, 0.29) is 41.5 Å². The SMILES string of the molecule is O=C1C2=C(OC3CCC(Cl)CC13)C(=O)N(CCCO)C2c1ccccc1. The number of fused-ring (bicyclic) bond motifs is 1. The van der Waals surface area contributed by atoms with Crippen LogP contribution in [0, 0.1) is 5.92 Å². The number of hydrogen-bond acceptors (Lipinski definition) is 4. The lowest BCUT2D eigenvalue weighted by atomic mass is 9.77. The van der Waals surface area contributed by atoms with Gasteiger partial charge in [-0.15, -0.1) is 11.6 Å². The van der Waals surface area contributed by atoms with E-state index in [4.69, 9.17) is 16.3 Å². The van der Waals surface area contributed by atoms with Gasteiger partial charge in [0, 0.05) is 18.5 Å². The molecule has 1 N–H and O–H groups in total. The number of ketones is 1. The van der Waals surface area contributed by atoms with Gasteiger partial charge in [0.25, 0.3) is 5.91 Å². The van der Waals surface area contributed by atoms with E-state index in [1.54, 1.807) is 4.90 Å². The molecule has 5 nitrogen and oxygen atoms in total. The Morgan fingerprint density at radius 2 is 1.96 bits per heavy atom. The number of nitrogens with zero attached hydrogens (tertiary/aromatic N) is 1. The van der Waals surface area contributed by atoms with Gasteiger partial charge in [-0.05, 0) is 31.2 Å². The molecule has 1 aromatic carbocycles. The summed E-state index contributed by atoms with van der Waals surface area (Å²) in [5, 5.41) is 9.19. The average Bonchev–Trinajstić information content (AvgIpc) is 2.94. The van der Waals surface area contributed by atoms with Crippen molar-refractivity contribution in [3.05, 3.63) is 47.2 Å². The van der Waals surface area contributed by atoms with Crippen LogP contribution < -0.4 is 0 Å². The summed E-state index contributed by atoms with van der Waals surface area (Å²) in [5.41, 5.74) is 1.35. The molecule has 1 saturated carbocycles. The summed E-state index contributed by atoms with van der Waals surface area (Å²) in [5.74, 6) is -0.324. The molecule has 1 amide bonds. The number of aliphatic hydroxyl groups excluding tert-OH is 1. The van der Waals surface area contributed by atoms with E-state index in [1.165, 1.54) is 0 Å². The number of carbonyl (C=O) groups excluding carboxylic acids is 2. The Bertz CT molecular complexity index is 747. The van der Waals surface area contributed by atoms with E-state index in [0.717, 1.165) is 12.0 Å². The molecular weight excluding hydrogens is 354 g/mol. The molecule has 138 valence electrons.